The molecule has 146 valence electrons. The first-order valence-electron chi connectivity index (χ1n) is 9.42. The molecule has 1 aromatic heterocycles. The number of fused-ring (bicyclic) bond motifs is 1. The zero-order valence-electron chi connectivity index (χ0n) is 16.0. The average Bonchev–Trinajstić information content (AvgIpc) is 2.75. The van der Waals surface area contributed by atoms with Crippen LogP contribution >= 0.6 is 0 Å². The number of carbonyl (C=O) groups is 2. The Morgan fingerprint density at radius 3 is 2.62 bits per heavy atom. The molecular formula is C23H20FN3O2. The van der Waals surface area contributed by atoms with Crippen molar-refractivity contribution in [3.05, 3.63) is 94.4 Å². The van der Waals surface area contributed by atoms with Crippen LogP contribution in [0.1, 0.15) is 37.4 Å². The van der Waals surface area contributed by atoms with Crippen LogP contribution in [0.5, 0.6) is 0 Å². The Bertz CT molecular complexity index is 1080. The van der Waals surface area contributed by atoms with Crippen molar-refractivity contribution in [1.29, 1.82) is 0 Å². The maximum absolute atomic E-state index is 14.1. The number of rotatable bonds is 4. The van der Waals surface area contributed by atoms with Gasteiger partial charge in [-0.15, -0.1) is 0 Å². The number of carbonyl (C=O) groups excluding carboxylic acids is 2. The van der Waals surface area contributed by atoms with Crippen LogP contribution in [-0.4, -0.2) is 30.4 Å². The van der Waals surface area contributed by atoms with E-state index in [-0.39, 0.29) is 17.6 Å². The summed E-state index contributed by atoms with van der Waals surface area (Å²) in [4.78, 5) is 30.1. The maximum Gasteiger partial charge on any atom is 0.259 e. The first-order valence-corrected chi connectivity index (χ1v) is 9.42. The summed E-state index contributed by atoms with van der Waals surface area (Å²) in [5, 5.41) is 2.60. The van der Waals surface area contributed by atoms with Crippen molar-refractivity contribution in [1.82, 2.24) is 10.3 Å². The first-order chi connectivity index (χ1) is 14.1. The number of aromatic nitrogens is 1. The highest BCUT2D eigenvalue weighted by Gasteiger charge is 2.28. The third-order valence-corrected chi connectivity index (χ3v) is 5.10. The average molecular weight is 389 g/mol. The van der Waals surface area contributed by atoms with Crippen LogP contribution in [0.2, 0.25) is 0 Å². The van der Waals surface area contributed by atoms with Gasteiger partial charge in [-0.25, -0.2) is 9.37 Å². The predicted molar refractivity (Wildman–Crippen MR) is 109 cm³/mol. The van der Waals surface area contributed by atoms with Crippen molar-refractivity contribution < 1.29 is 14.0 Å². The Balaban J connectivity index is 1.58. The molecule has 5 nitrogen and oxygen atoms in total. The van der Waals surface area contributed by atoms with E-state index in [1.54, 1.807) is 19.2 Å². The number of hydrogen-bond acceptors (Lipinski definition) is 3. The van der Waals surface area contributed by atoms with Gasteiger partial charge in [0.15, 0.2) is 11.6 Å². The minimum Gasteiger partial charge on any atom is -0.355 e. The molecule has 1 aliphatic rings. The highest BCUT2D eigenvalue weighted by molar-refractivity contribution is 6.07. The Hall–Kier alpha value is -3.54. The molecule has 0 fully saturated rings. The highest BCUT2D eigenvalue weighted by atomic mass is 19.1. The summed E-state index contributed by atoms with van der Waals surface area (Å²) in [6, 6.07) is 16.0. The van der Waals surface area contributed by atoms with Gasteiger partial charge in [0.1, 0.15) is 0 Å². The van der Waals surface area contributed by atoms with E-state index in [4.69, 9.17) is 0 Å². The summed E-state index contributed by atoms with van der Waals surface area (Å²) in [6.07, 6.45) is 2.77. The molecule has 0 saturated carbocycles. The fraction of sp³-hybridized carbons (Fsp3) is 0.174. The number of amides is 2. The van der Waals surface area contributed by atoms with Gasteiger partial charge in [0, 0.05) is 30.9 Å². The quantitative estimate of drug-likeness (QED) is 0.744. The van der Waals surface area contributed by atoms with Crippen LogP contribution in [0.25, 0.3) is 0 Å². The SMILES string of the molecule is CNC(=O)c1ccc(Cc2ccc3c(c2)C(=O)N(c2ncccc2F)CC3)cc1. The van der Waals surface area contributed by atoms with E-state index < -0.39 is 5.82 Å². The molecule has 4 rings (SSSR count). The lowest BCUT2D eigenvalue weighted by atomic mass is 9.94. The van der Waals surface area contributed by atoms with E-state index in [2.05, 4.69) is 10.3 Å². The number of benzene rings is 2. The zero-order chi connectivity index (χ0) is 20.4. The molecule has 0 bridgehead atoms. The van der Waals surface area contributed by atoms with Crippen molar-refractivity contribution >= 4 is 17.6 Å². The largest absolute Gasteiger partial charge is 0.355 e. The summed E-state index contributed by atoms with van der Waals surface area (Å²) in [7, 11) is 1.60. The number of pyridine rings is 1. The molecular weight excluding hydrogens is 369 g/mol. The molecule has 0 radical (unpaired) electrons. The molecule has 6 heteroatoms. The van der Waals surface area contributed by atoms with Crippen LogP contribution < -0.4 is 10.2 Å². The Kier molecular flexibility index (Phi) is 5.08. The van der Waals surface area contributed by atoms with E-state index >= 15 is 0 Å². The molecule has 0 atom stereocenters. The van der Waals surface area contributed by atoms with Crippen LogP contribution in [0, 0.1) is 5.82 Å². The fourth-order valence-electron chi connectivity index (χ4n) is 3.56. The van der Waals surface area contributed by atoms with Gasteiger partial charge in [0.2, 0.25) is 0 Å². The summed E-state index contributed by atoms with van der Waals surface area (Å²) >= 11 is 0. The van der Waals surface area contributed by atoms with Crippen LogP contribution in [0.15, 0.2) is 60.8 Å². The van der Waals surface area contributed by atoms with Gasteiger partial charge in [0.05, 0.1) is 0 Å². The van der Waals surface area contributed by atoms with Gasteiger partial charge in [-0.2, -0.15) is 0 Å². The summed E-state index contributed by atoms with van der Waals surface area (Å²) in [6.45, 7) is 0.403. The van der Waals surface area contributed by atoms with Crippen molar-refractivity contribution in [2.75, 3.05) is 18.5 Å². The number of hydrogen-bond donors (Lipinski definition) is 1. The first kappa shape index (κ1) is 18.8. The van der Waals surface area contributed by atoms with Gasteiger partial charge in [-0.1, -0.05) is 24.3 Å². The molecule has 2 amide bonds. The minimum absolute atomic E-state index is 0.0679. The Labute approximate surface area is 168 Å². The molecule has 2 aromatic carbocycles. The second-order valence-corrected chi connectivity index (χ2v) is 6.96. The van der Waals surface area contributed by atoms with Crippen molar-refractivity contribution in [3.8, 4) is 0 Å². The molecule has 0 unspecified atom stereocenters. The fourth-order valence-corrected chi connectivity index (χ4v) is 3.56. The molecule has 3 aromatic rings. The standard InChI is InChI=1S/C23H20FN3O2/c1-25-22(28)18-8-4-15(5-9-18)13-16-6-7-17-10-12-27(23(29)19(17)14-16)21-20(24)3-2-11-26-21/h2-9,11,14H,10,12-13H2,1H3,(H,25,28). The summed E-state index contributed by atoms with van der Waals surface area (Å²) in [5.74, 6) is -0.798. The topological polar surface area (TPSA) is 62.3 Å². The zero-order valence-corrected chi connectivity index (χ0v) is 16.0. The number of nitrogens with one attached hydrogen (secondary N) is 1. The van der Waals surface area contributed by atoms with Crippen LogP contribution in [0.4, 0.5) is 10.2 Å². The summed E-state index contributed by atoms with van der Waals surface area (Å²) in [5.41, 5.74) is 4.16. The van der Waals surface area contributed by atoms with Crippen molar-refractivity contribution in [2.24, 2.45) is 0 Å². The van der Waals surface area contributed by atoms with E-state index in [0.29, 0.717) is 30.5 Å². The molecule has 29 heavy (non-hydrogen) atoms. The van der Waals surface area contributed by atoms with Gasteiger partial charge in [0.25, 0.3) is 11.8 Å². The van der Waals surface area contributed by atoms with Crippen LogP contribution in [0.3, 0.4) is 0 Å². The predicted octanol–water partition coefficient (Wildman–Crippen LogP) is 3.37. The second kappa shape index (κ2) is 7.83. The van der Waals surface area contributed by atoms with Gasteiger partial charge in [-0.3, -0.25) is 14.5 Å². The van der Waals surface area contributed by atoms with E-state index in [1.165, 1.54) is 23.2 Å². The lowest BCUT2D eigenvalue weighted by Gasteiger charge is -2.28. The van der Waals surface area contributed by atoms with E-state index in [1.807, 2.05) is 30.3 Å². The highest BCUT2D eigenvalue weighted by Crippen LogP contribution is 2.26. The third kappa shape index (κ3) is 3.74. The number of anilines is 1. The molecule has 1 N–H and O–H groups in total. The lowest BCUT2D eigenvalue weighted by molar-refractivity contribution is 0.0959. The van der Waals surface area contributed by atoms with Gasteiger partial charge >= 0.3 is 0 Å². The van der Waals surface area contributed by atoms with Crippen LogP contribution in [-0.2, 0) is 12.8 Å². The van der Waals surface area contributed by atoms with E-state index in [9.17, 15) is 14.0 Å². The molecule has 1 aliphatic heterocycles. The molecule has 0 spiro atoms. The van der Waals surface area contributed by atoms with Crippen molar-refractivity contribution in [3.63, 3.8) is 0 Å². The van der Waals surface area contributed by atoms with Gasteiger partial charge < -0.3 is 5.32 Å². The number of halogens is 1. The number of nitrogens with zero attached hydrogens (tertiary/aromatic N) is 2. The Morgan fingerprint density at radius 1 is 1.14 bits per heavy atom. The summed E-state index contributed by atoms with van der Waals surface area (Å²) < 4.78 is 14.1. The minimum atomic E-state index is -0.503. The Morgan fingerprint density at radius 2 is 1.90 bits per heavy atom. The second-order valence-electron chi connectivity index (χ2n) is 6.96. The lowest BCUT2D eigenvalue weighted by Crippen LogP contribution is -2.38. The van der Waals surface area contributed by atoms with Gasteiger partial charge in [-0.05, 0) is 59.9 Å². The molecule has 0 aliphatic carbocycles. The van der Waals surface area contributed by atoms with E-state index in [0.717, 1.165) is 16.7 Å². The maximum atomic E-state index is 14.1. The molecule has 0 saturated heterocycles. The monoisotopic (exact) mass is 389 g/mol. The van der Waals surface area contributed by atoms with Crippen molar-refractivity contribution in [2.45, 2.75) is 12.8 Å². The molecule has 2 heterocycles. The smallest absolute Gasteiger partial charge is 0.259 e. The normalized spacial score (nSPS) is 13.2. The third-order valence-electron chi connectivity index (χ3n) is 5.10.